The summed E-state index contributed by atoms with van der Waals surface area (Å²) in [5.41, 5.74) is 3.30. The minimum atomic E-state index is 0.112. The molecule has 8 heteroatoms. The van der Waals surface area contributed by atoms with E-state index >= 15 is 0 Å². The van der Waals surface area contributed by atoms with Crippen LogP contribution in [0.15, 0.2) is 12.4 Å². The van der Waals surface area contributed by atoms with E-state index in [4.69, 9.17) is 9.84 Å². The molecule has 0 aromatic carbocycles. The van der Waals surface area contributed by atoms with Gasteiger partial charge in [0.2, 0.25) is 0 Å². The van der Waals surface area contributed by atoms with Crippen LogP contribution < -0.4 is 0 Å². The number of ether oxygens (including phenoxy) is 1. The average molecular weight is 318 g/mol. The fourth-order valence-corrected chi connectivity index (χ4v) is 3.56. The van der Waals surface area contributed by atoms with Crippen LogP contribution in [-0.2, 0) is 24.4 Å². The van der Waals surface area contributed by atoms with Gasteiger partial charge < -0.3 is 9.84 Å². The second kappa shape index (κ2) is 6.03. The lowest BCUT2D eigenvalue weighted by molar-refractivity contribution is -0.0670. The Balaban J connectivity index is 1.48. The number of aliphatic hydroxyl groups excluding tert-OH is 1. The Morgan fingerprint density at radius 2 is 2.35 bits per heavy atom. The van der Waals surface area contributed by atoms with Crippen LogP contribution in [0, 0.1) is 6.92 Å². The van der Waals surface area contributed by atoms with Crippen LogP contribution in [0.3, 0.4) is 0 Å². The summed E-state index contributed by atoms with van der Waals surface area (Å²) >= 11 is 0. The lowest BCUT2D eigenvalue weighted by Crippen LogP contribution is -2.47. The summed E-state index contributed by atoms with van der Waals surface area (Å²) in [4.78, 5) is 2.43. The summed E-state index contributed by atoms with van der Waals surface area (Å²) in [6.45, 7) is 6.07. The number of aryl methyl sites for hydroxylation is 1. The summed E-state index contributed by atoms with van der Waals surface area (Å²) < 4.78 is 9.80. The molecule has 1 N–H and O–H groups in total. The van der Waals surface area contributed by atoms with Gasteiger partial charge in [0, 0.05) is 31.4 Å². The molecular formula is C15H22N6O2. The molecular weight excluding hydrogens is 296 g/mol. The highest BCUT2D eigenvalue weighted by molar-refractivity contribution is 5.15. The minimum Gasteiger partial charge on any atom is -0.394 e. The predicted octanol–water partition coefficient (Wildman–Crippen LogP) is 0.121. The Bertz CT molecular complexity index is 681. The second-order valence-electron chi connectivity index (χ2n) is 6.34. The van der Waals surface area contributed by atoms with Gasteiger partial charge in [-0.2, -0.15) is 5.10 Å². The largest absolute Gasteiger partial charge is 0.394 e. The third kappa shape index (κ3) is 2.77. The van der Waals surface area contributed by atoms with Crippen molar-refractivity contribution in [3.05, 3.63) is 29.3 Å². The zero-order valence-electron chi connectivity index (χ0n) is 13.3. The van der Waals surface area contributed by atoms with Crippen LogP contribution in [-0.4, -0.2) is 60.6 Å². The summed E-state index contributed by atoms with van der Waals surface area (Å²) in [5.74, 6) is 0. The summed E-state index contributed by atoms with van der Waals surface area (Å²) in [7, 11) is 0. The van der Waals surface area contributed by atoms with Crippen molar-refractivity contribution in [2.45, 2.75) is 45.2 Å². The van der Waals surface area contributed by atoms with Gasteiger partial charge in [-0.25, -0.2) is 4.68 Å². The SMILES string of the molecule is Cc1nn(CCO)cc1CN1CC[C@@H]2OCc3cnnn3[C@@H]2C1. The topological polar surface area (TPSA) is 81.2 Å². The van der Waals surface area contributed by atoms with Gasteiger partial charge >= 0.3 is 0 Å². The lowest BCUT2D eigenvalue weighted by atomic mass is 10.00. The molecule has 0 radical (unpaired) electrons. The summed E-state index contributed by atoms with van der Waals surface area (Å²) in [5, 5.41) is 21.8. The number of hydrogen-bond acceptors (Lipinski definition) is 6. The van der Waals surface area contributed by atoms with Crippen molar-refractivity contribution >= 4 is 0 Å². The van der Waals surface area contributed by atoms with Crippen LogP contribution in [0.1, 0.15) is 29.4 Å². The van der Waals surface area contributed by atoms with Gasteiger partial charge in [-0.05, 0) is 13.3 Å². The number of piperidine rings is 1. The lowest BCUT2D eigenvalue weighted by Gasteiger charge is -2.41. The Morgan fingerprint density at radius 3 is 3.22 bits per heavy atom. The molecule has 23 heavy (non-hydrogen) atoms. The molecule has 0 unspecified atom stereocenters. The normalized spacial score (nSPS) is 24.4. The summed E-state index contributed by atoms with van der Waals surface area (Å²) in [6, 6.07) is 0.239. The van der Waals surface area contributed by atoms with Crippen LogP contribution in [0.2, 0.25) is 0 Å². The fourth-order valence-electron chi connectivity index (χ4n) is 3.56. The number of fused-ring (bicyclic) bond motifs is 3. The molecule has 0 saturated carbocycles. The molecule has 0 spiro atoms. The van der Waals surface area contributed by atoms with E-state index in [1.807, 2.05) is 22.5 Å². The maximum Gasteiger partial charge on any atom is 0.0930 e. The highest BCUT2D eigenvalue weighted by Crippen LogP contribution is 2.30. The van der Waals surface area contributed by atoms with Gasteiger partial charge in [-0.1, -0.05) is 5.21 Å². The molecule has 2 aliphatic heterocycles. The predicted molar refractivity (Wildman–Crippen MR) is 81.6 cm³/mol. The zero-order valence-corrected chi connectivity index (χ0v) is 13.3. The molecule has 1 fully saturated rings. The van der Waals surface area contributed by atoms with E-state index in [1.165, 1.54) is 5.56 Å². The third-order valence-corrected chi connectivity index (χ3v) is 4.78. The quantitative estimate of drug-likeness (QED) is 0.862. The smallest absolute Gasteiger partial charge is 0.0930 e. The number of likely N-dealkylation sites (tertiary alicyclic amines) is 1. The van der Waals surface area contributed by atoms with Gasteiger partial charge in [0.05, 0.1) is 49.5 Å². The molecule has 2 aliphatic rings. The first-order valence-corrected chi connectivity index (χ1v) is 8.11. The fraction of sp³-hybridized carbons (Fsp3) is 0.667. The number of hydrogen-bond donors (Lipinski definition) is 1. The van der Waals surface area contributed by atoms with E-state index in [1.54, 1.807) is 6.20 Å². The zero-order chi connectivity index (χ0) is 15.8. The van der Waals surface area contributed by atoms with E-state index in [9.17, 15) is 0 Å². The molecule has 1 saturated heterocycles. The Hall–Kier alpha value is -1.77. The highest BCUT2D eigenvalue weighted by Gasteiger charge is 2.36. The maximum atomic E-state index is 9.04. The summed E-state index contributed by atoms with van der Waals surface area (Å²) in [6.07, 6.45) is 5.07. The van der Waals surface area contributed by atoms with E-state index in [-0.39, 0.29) is 18.8 Å². The van der Waals surface area contributed by atoms with Gasteiger partial charge in [-0.15, -0.1) is 5.10 Å². The number of nitrogens with zero attached hydrogens (tertiary/aromatic N) is 6. The van der Waals surface area contributed by atoms with Gasteiger partial charge in [0.25, 0.3) is 0 Å². The van der Waals surface area contributed by atoms with E-state index in [2.05, 4.69) is 20.3 Å². The van der Waals surface area contributed by atoms with Gasteiger partial charge in [-0.3, -0.25) is 9.58 Å². The molecule has 2 aromatic rings. The monoisotopic (exact) mass is 318 g/mol. The molecule has 2 aromatic heterocycles. The van der Waals surface area contributed by atoms with Crippen LogP contribution in [0.4, 0.5) is 0 Å². The standard InChI is InChI=1S/C15H22N6O2/c1-11-12(8-20(17-11)4-5-22)7-19-3-2-15-14(9-19)21-13(10-23-15)6-16-18-21/h6,8,14-15,22H,2-5,7,9-10H2,1H3/t14-,15+/m1/s1. The number of rotatable bonds is 4. The minimum absolute atomic E-state index is 0.112. The number of aromatic nitrogens is 5. The molecule has 0 bridgehead atoms. The van der Waals surface area contributed by atoms with Crippen molar-refractivity contribution in [3.63, 3.8) is 0 Å². The third-order valence-electron chi connectivity index (χ3n) is 4.78. The molecule has 8 nitrogen and oxygen atoms in total. The van der Waals surface area contributed by atoms with Crippen molar-refractivity contribution in [2.24, 2.45) is 0 Å². The number of aliphatic hydroxyl groups is 1. The van der Waals surface area contributed by atoms with E-state index < -0.39 is 0 Å². The van der Waals surface area contributed by atoms with Crippen molar-refractivity contribution in [2.75, 3.05) is 19.7 Å². The molecule has 124 valence electrons. The molecule has 4 rings (SSSR count). The van der Waals surface area contributed by atoms with Gasteiger partial charge in [0.1, 0.15) is 0 Å². The Kier molecular flexibility index (Phi) is 3.88. The maximum absolute atomic E-state index is 9.04. The first-order chi connectivity index (χ1) is 11.2. The van der Waals surface area contributed by atoms with Gasteiger partial charge in [0.15, 0.2) is 0 Å². The highest BCUT2D eigenvalue weighted by atomic mass is 16.5. The van der Waals surface area contributed by atoms with Crippen LogP contribution in [0.5, 0.6) is 0 Å². The first kappa shape index (κ1) is 14.8. The van der Waals surface area contributed by atoms with Crippen molar-refractivity contribution in [1.82, 2.24) is 29.7 Å². The van der Waals surface area contributed by atoms with E-state index in [0.717, 1.165) is 37.4 Å². The molecule has 0 amide bonds. The molecule has 0 aliphatic carbocycles. The van der Waals surface area contributed by atoms with Crippen LogP contribution >= 0.6 is 0 Å². The Morgan fingerprint density at radius 1 is 1.43 bits per heavy atom. The Labute approximate surface area is 134 Å². The van der Waals surface area contributed by atoms with Crippen molar-refractivity contribution < 1.29 is 9.84 Å². The van der Waals surface area contributed by atoms with E-state index in [0.29, 0.717) is 13.2 Å². The van der Waals surface area contributed by atoms with Crippen LogP contribution in [0.25, 0.3) is 0 Å². The first-order valence-electron chi connectivity index (χ1n) is 8.11. The average Bonchev–Trinajstić information content (AvgIpc) is 3.15. The molecule has 2 atom stereocenters. The van der Waals surface area contributed by atoms with Crippen molar-refractivity contribution in [1.29, 1.82) is 0 Å². The molecule has 4 heterocycles. The second-order valence-corrected chi connectivity index (χ2v) is 6.34. The van der Waals surface area contributed by atoms with Crippen molar-refractivity contribution in [3.8, 4) is 0 Å².